The maximum absolute atomic E-state index is 11.5. The minimum absolute atomic E-state index is 0.101. The molecule has 1 aliphatic heterocycles. The highest BCUT2D eigenvalue weighted by Crippen LogP contribution is 2.44. The lowest BCUT2D eigenvalue weighted by molar-refractivity contribution is -0.117. The fourth-order valence-electron chi connectivity index (χ4n) is 3.59. The van der Waals surface area contributed by atoms with E-state index in [0.717, 1.165) is 24.0 Å². The summed E-state index contributed by atoms with van der Waals surface area (Å²) in [6, 6.07) is 11.3. The highest BCUT2D eigenvalue weighted by molar-refractivity contribution is 6.59. The van der Waals surface area contributed by atoms with Gasteiger partial charge in [-0.2, -0.15) is 0 Å². The van der Waals surface area contributed by atoms with Crippen LogP contribution >= 0.6 is 0 Å². The Kier molecular flexibility index (Phi) is 8.87. The zero-order valence-electron chi connectivity index (χ0n) is 19.2. The highest BCUT2D eigenvalue weighted by atomic mass is 27.1. The molecule has 170 valence electrons. The molecule has 7 nitrogen and oxygen atoms in total. The van der Waals surface area contributed by atoms with Gasteiger partial charge in [-0.1, -0.05) is 12.1 Å². The van der Waals surface area contributed by atoms with Gasteiger partial charge in [-0.3, -0.25) is 0 Å². The van der Waals surface area contributed by atoms with Crippen molar-refractivity contribution in [1.29, 1.82) is 0 Å². The van der Waals surface area contributed by atoms with Gasteiger partial charge in [-0.05, 0) is 62.1 Å². The van der Waals surface area contributed by atoms with Crippen LogP contribution in [-0.4, -0.2) is 68.3 Å². The predicted molar refractivity (Wildman–Crippen MR) is 123 cm³/mol. The molecule has 1 fully saturated rings. The van der Waals surface area contributed by atoms with Crippen LogP contribution in [0.5, 0.6) is 23.0 Å². The van der Waals surface area contributed by atoms with Crippen molar-refractivity contribution >= 4 is 41.9 Å². The van der Waals surface area contributed by atoms with Crippen LogP contribution in [0, 0.1) is 0 Å². The van der Waals surface area contributed by atoms with E-state index in [9.17, 15) is 9.59 Å². The number of hydrogen-bond acceptors (Lipinski definition) is 7. The van der Waals surface area contributed by atoms with Crippen molar-refractivity contribution in [3.8, 4) is 23.0 Å². The molecule has 1 heterocycles. The summed E-state index contributed by atoms with van der Waals surface area (Å²) in [4.78, 5) is 23.0. The van der Waals surface area contributed by atoms with Gasteiger partial charge < -0.3 is 33.3 Å². The van der Waals surface area contributed by atoms with E-state index in [0.29, 0.717) is 23.0 Å². The first kappa shape index (κ1) is 25.6. The third-order valence-electron chi connectivity index (χ3n) is 5.55. The third-order valence-corrected chi connectivity index (χ3v) is 6.49. The highest BCUT2D eigenvalue weighted by Gasteiger charge is 2.29. The van der Waals surface area contributed by atoms with Crippen LogP contribution < -0.4 is 18.9 Å². The maximum atomic E-state index is 11.5. The Morgan fingerprint density at radius 1 is 0.788 bits per heavy atom. The van der Waals surface area contributed by atoms with Crippen molar-refractivity contribution in [2.75, 3.05) is 14.2 Å². The molecule has 1 saturated heterocycles. The number of rotatable bonds is 10. The second-order valence-electron chi connectivity index (χ2n) is 7.84. The molecule has 0 N–H and O–H groups in total. The van der Waals surface area contributed by atoms with Gasteiger partial charge in [0.2, 0.25) is 32.6 Å². The molecule has 0 spiro atoms. The Morgan fingerprint density at radius 2 is 1.18 bits per heavy atom. The predicted octanol–water partition coefficient (Wildman–Crippen LogP) is 3.22. The van der Waals surface area contributed by atoms with E-state index in [4.69, 9.17) is 23.7 Å². The van der Waals surface area contributed by atoms with E-state index in [1.807, 2.05) is 24.3 Å². The SMILES string of the molecule is COc1cc(C2CCC(c3ccc(O[C@H](C)[C](=O)[Al])c(OC)c3)O2)ccc1OC(C)[C](=O)[Al]. The summed E-state index contributed by atoms with van der Waals surface area (Å²) in [5.74, 6) is 2.13. The van der Waals surface area contributed by atoms with Crippen molar-refractivity contribution in [2.24, 2.45) is 0 Å². The molecule has 3 unspecified atom stereocenters. The van der Waals surface area contributed by atoms with Crippen LogP contribution in [0.2, 0.25) is 0 Å². The average molecular weight is 480 g/mol. The van der Waals surface area contributed by atoms with Crippen LogP contribution in [0.3, 0.4) is 0 Å². The van der Waals surface area contributed by atoms with Gasteiger partial charge in [0, 0.05) is 0 Å². The number of benzene rings is 2. The zero-order chi connectivity index (χ0) is 24.1. The van der Waals surface area contributed by atoms with E-state index >= 15 is 0 Å². The zero-order valence-corrected chi connectivity index (χ0v) is 21.5. The maximum Gasteiger partial charge on any atom is 0.248 e. The van der Waals surface area contributed by atoms with Crippen LogP contribution in [0.1, 0.15) is 50.0 Å². The summed E-state index contributed by atoms with van der Waals surface area (Å²) in [6.45, 7) is 3.38. The molecule has 2 aromatic rings. The topological polar surface area (TPSA) is 80.3 Å². The molecule has 33 heavy (non-hydrogen) atoms. The van der Waals surface area contributed by atoms with Gasteiger partial charge in [0.1, 0.15) is 12.2 Å². The molecule has 0 amide bonds. The quantitative estimate of drug-likeness (QED) is 0.483. The van der Waals surface area contributed by atoms with Crippen molar-refractivity contribution < 1.29 is 33.3 Å². The summed E-state index contributed by atoms with van der Waals surface area (Å²) in [7, 11) is 3.14. The molecule has 1 aliphatic rings. The summed E-state index contributed by atoms with van der Waals surface area (Å²) in [5.41, 5.74) is 1.96. The molecule has 4 radical (unpaired) electrons. The summed E-state index contributed by atoms with van der Waals surface area (Å²) < 4.78 is 28.4. The number of methoxy groups -OCH3 is 2. The van der Waals surface area contributed by atoms with Crippen molar-refractivity contribution in [1.82, 2.24) is 0 Å². The van der Waals surface area contributed by atoms with Crippen molar-refractivity contribution in [3.05, 3.63) is 47.5 Å². The second-order valence-corrected chi connectivity index (χ2v) is 8.97. The molecular formula is C24H26Al2O7. The first-order valence-corrected chi connectivity index (χ1v) is 11.8. The fourth-order valence-corrected chi connectivity index (χ4v) is 3.72. The number of hydrogen-bond donors (Lipinski definition) is 0. The Hall–Kier alpha value is -2.00. The molecule has 0 saturated carbocycles. The minimum Gasteiger partial charge on any atom is -0.493 e. The summed E-state index contributed by atoms with van der Waals surface area (Å²) >= 11 is 4.25. The van der Waals surface area contributed by atoms with Gasteiger partial charge in [0.15, 0.2) is 23.0 Å². The molecule has 4 atom stereocenters. The fraction of sp³-hybridized carbons (Fsp3) is 0.417. The second kappa shape index (κ2) is 11.4. The van der Waals surface area contributed by atoms with Gasteiger partial charge in [0.05, 0.1) is 35.7 Å². The van der Waals surface area contributed by atoms with Crippen LogP contribution in [0.15, 0.2) is 36.4 Å². The van der Waals surface area contributed by atoms with Crippen LogP contribution in [0.4, 0.5) is 0 Å². The molecule has 9 heteroatoms. The van der Waals surface area contributed by atoms with E-state index in [1.165, 1.54) is 0 Å². The van der Waals surface area contributed by atoms with E-state index in [2.05, 4.69) is 32.6 Å². The minimum atomic E-state index is -0.582. The third kappa shape index (κ3) is 6.32. The normalized spacial score (nSPS) is 19.4. The van der Waals surface area contributed by atoms with E-state index in [1.54, 1.807) is 40.2 Å². The molecule has 0 bridgehead atoms. The summed E-state index contributed by atoms with van der Waals surface area (Å²) in [5, 5.41) is 0. The molecule has 3 rings (SSSR count). The van der Waals surface area contributed by atoms with Gasteiger partial charge in [0.25, 0.3) is 0 Å². The Bertz CT molecular complexity index is 931. The lowest BCUT2D eigenvalue weighted by Gasteiger charge is -2.20. The molecular weight excluding hydrogens is 454 g/mol. The summed E-state index contributed by atoms with van der Waals surface area (Å²) in [6.07, 6.45) is 0.314. The lowest BCUT2D eigenvalue weighted by Crippen LogP contribution is -2.23. The first-order chi connectivity index (χ1) is 15.7. The molecule has 2 aromatic carbocycles. The lowest BCUT2D eigenvalue weighted by atomic mass is 10.0. The van der Waals surface area contributed by atoms with E-state index in [-0.39, 0.29) is 21.5 Å². The Labute approximate surface area is 210 Å². The number of carbonyl (C=O) groups is 2. The van der Waals surface area contributed by atoms with Gasteiger partial charge >= 0.3 is 0 Å². The Morgan fingerprint density at radius 3 is 1.52 bits per heavy atom. The van der Waals surface area contributed by atoms with Crippen LogP contribution in [-0.2, 0) is 14.3 Å². The monoisotopic (exact) mass is 480 g/mol. The standard InChI is InChI=1S/C24H26O7.2Al/c1-15(13-25)29-21-7-5-17(11-23(21)27-3)19-9-10-20(31-19)18-6-8-22(24(12-18)28-4)30-16(2)14-26;;/h5-8,11-12,15-16,19-20H,9-10H2,1-4H3;;/t15-,16?,19?,20?;;/m1../s1. The smallest absolute Gasteiger partial charge is 0.248 e. The number of carbonyl (C=O) groups excluding carboxylic acids is 2. The average Bonchev–Trinajstić information content (AvgIpc) is 3.29. The van der Waals surface area contributed by atoms with Gasteiger partial charge in [-0.25, -0.2) is 0 Å². The van der Waals surface area contributed by atoms with Crippen LogP contribution in [0.25, 0.3) is 0 Å². The molecule has 0 aromatic heterocycles. The van der Waals surface area contributed by atoms with E-state index < -0.39 is 12.2 Å². The first-order valence-electron chi connectivity index (χ1n) is 10.7. The Balaban J connectivity index is 1.73. The number of ether oxygens (including phenoxy) is 5. The van der Waals surface area contributed by atoms with Gasteiger partial charge in [-0.15, -0.1) is 0 Å². The van der Waals surface area contributed by atoms with Crippen molar-refractivity contribution in [2.45, 2.75) is 51.1 Å². The molecule has 0 aliphatic carbocycles. The van der Waals surface area contributed by atoms with Crippen molar-refractivity contribution in [3.63, 3.8) is 0 Å². The largest absolute Gasteiger partial charge is 0.493 e.